The third kappa shape index (κ3) is 2.49. The molecule has 0 fully saturated rings. The van der Waals surface area contributed by atoms with Gasteiger partial charge in [-0.25, -0.2) is 4.68 Å². The quantitative estimate of drug-likeness (QED) is 0.833. The van der Waals surface area contributed by atoms with Crippen LogP contribution in [-0.4, -0.2) is 30.4 Å². The van der Waals surface area contributed by atoms with Crippen LogP contribution in [0.4, 0.5) is 5.69 Å². The van der Waals surface area contributed by atoms with Crippen LogP contribution in [0.5, 0.6) is 0 Å². The van der Waals surface area contributed by atoms with Crippen LogP contribution < -0.4 is 10.9 Å². The van der Waals surface area contributed by atoms with Crippen LogP contribution in [0.15, 0.2) is 15.5 Å². The molecule has 0 aliphatic carbocycles. The summed E-state index contributed by atoms with van der Waals surface area (Å²) in [6.45, 7) is 2.75. The van der Waals surface area contributed by atoms with Gasteiger partial charge in [0.05, 0.1) is 18.4 Å². The summed E-state index contributed by atoms with van der Waals surface area (Å²) in [6, 6.07) is 0. The molecule has 8 nitrogen and oxygen atoms in total. The van der Waals surface area contributed by atoms with Gasteiger partial charge in [0, 0.05) is 6.54 Å². The zero-order valence-corrected chi connectivity index (χ0v) is 10.6. The highest BCUT2D eigenvalue weighted by Gasteiger charge is 2.08. The van der Waals surface area contributed by atoms with Gasteiger partial charge < -0.3 is 5.32 Å². The van der Waals surface area contributed by atoms with Crippen molar-refractivity contribution >= 4 is 21.6 Å². The van der Waals surface area contributed by atoms with E-state index >= 15 is 0 Å². The number of anilines is 1. The largest absolute Gasteiger partial charge is 0.375 e. The number of aromatic amines is 1. The highest BCUT2D eigenvalue weighted by molar-refractivity contribution is 9.10. The van der Waals surface area contributed by atoms with E-state index in [1.54, 1.807) is 6.20 Å². The summed E-state index contributed by atoms with van der Waals surface area (Å²) >= 11 is 3.24. The first kappa shape index (κ1) is 11.7. The molecule has 0 unspecified atom stereocenters. The number of tetrazole rings is 1. The van der Waals surface area contributed by atoms with Gasteiger partial charge in [0.15, 0.2) is 5.82 Å². The number of halogens is 1. The molecular weight excluding hydrogens is 290 g/mol. The lowest BCUT2D eigenvalue weighted by Crippen LogP contribution is -2.23. The van der Waals surface area contributed by atoms with Crippen LogP contribution in [0, 0.1) is 0 Å². The molecule has 2 heterocycles. The molecule has 0 atom stereocenters. The van der Waals surface area contributed by atoms with E-state index in [1.807, 2.05) is 6.92 Å². The first-order valence-electron chi connectivity index (χ1n) is 4.94. The van der Waals surface area contributed by atoms with Crippen LogP contribution in [0.1, 0.15) is 12.7 Å². The van der Waals surface area contributed by atoms with E-state index in [-0.39, 0.29) is 5.56 Å². The lowest BCUT2D eigenvalue weighted by molar-refractivity contribution is 0.612. The second-order valence-electron chi connectivity index (χ2n) is 3.17. The fraction of sp³-hybridized carbons (Fsp3) is 0.375. The highest BCUT2D eigenvalue weighted by atomic mass is 79.9. The van der Waals surface area contributed by atoms with E-state index in [2.05, 4.69) is 47.0 Å². The number of hydrogen-bond donors (Lipinski definition) is 2. The molecule has 0 amide bonds. The van der Waals surface area contributed by atoms with Gasteiger partial charge in [0.2, 0.25) is 0 Å². The van der Waals surface area contributed by atoms with Crippen molar-refractivity contribution in [2.75, 3.05) is 5.32 Å². The summed E-state index contributed by atoms with van der Waals surface area (Å²) < 4.78 is 1.81. The van der Waals surface area contributed by atoms with Gasteiger partial charge in [-0.1, -0.05) is 5.21 Å². The highest BCUT2D eigenvalue weighted by Crippen LogP contribution is 2.16. The van der Waals surface area contributed by atoms with Crippen LogP contribution in [0.25, 0.3) is 0 Å². The van der Waals surface area contributed by atoms with E-state index in [4.69, 9.17) is 0 Å². The van der Waals surface area contributed by atoms with Crippen LogP contribution >= 0.6 is 15.9 Å². The predicted octanol–water partition coefficient (Wildman–Crippen LogP) is 0.151. The molecule has 0 spiro atoms. The summed E-state index contributed by atoms with van der Waals surface area (Å²) in [7, 11) is 0. The van der Waals surface area contributed by atoms with Crippen LogP contribution in [0.3, 0.4) is 0 Å². The molecule has 2 N–H and O–H groups in total. The Morgan fingerprint density at radius 3 is 3.06 bits per heavy atom. The van der Waals surface area contributed by atoms with Crippen molar-refractivity contribution in [3.05, 3.63) is 26.8 Å². The summed E-state index contributed by atoms with van der Waals surface area (Å²) in [5.41, 5.74) is 0.426. The molecule has 2 aromatic rings. The number of nitrogens with one attached hydrogen (secondary N) is 2. The molecule has 0 saturated carbocycles. The lowest BCUT2D eigenvalue weighted by Gasteiger charge is -2.07. The fourth-order valence-corrected chi connectivity index (χ4v) is 1.69. The van der Waals surface area contributed by atoms with Crippen molar-refractivity contribution in [1.29, 1.82) is 0 Å². The van der Waals surface area contributed by atoms with Gasteiger partial charge in [-0.3, -0.25) is 4.79 Å². The van der Waals surface area contributed by atoms with E-state index < -0.39 is 0 Å². The number of aromatic nitrogens is 6. The molecule has 0 saturated heterocycles. The van der Waals surface area contributed by atoms with Crippen molar-refractivity contribution in [3.63, 3.8) is 0 Å². The van der Waals surface area contributed by atoms with Crippen molar-refractivity contribution < 1.29 is 0 Å². The second kappa shape index (κ2) is 5.04. The number of nitrogens with zero attached hydrogens (tertiary/aromatic N) is 5. The summed E-state index contributed by atoms with van der Waals surface area (Å²) in [4.78, 5) is 11.7. The average molecular weight is 300 g/mol. The zero-order chi connectivity index (χ0) is 12.3. The minimum atomic E-state index is -0.175. The minimum absolute atomic E-state index is 0.175. The minimum Gasteiger partial charge on any atom is -0.375 e. The molecular formula is C8H10BrN7O. The van der Waals surface area contributed by atoms with E-state index in [9.17, 15) is 4.79 Å². The summed E-state index contributed by atoms with van der Waals surface area (Å²) in [6.07, 6.45) is 1.58. The number of hydrogen-bond acceptors (Lipinski definition) is 6. The van der Waals surface area contributed by atoms with Crippen LogP contribution in [0.2, 0.25) is 0 Å². The summed E-state index contributed by atoms with van der Waals surface area (Å²) in [5.74, 6) is 0.511. The number of H-pyrrole nitrogens is 1. The van der Waals surface area contributed by atoms with Crippen molar-refractivity contribution in [1.82, 2.24) is 30.4 Å². The maximum Gasteiger partial charge on any atom is 0.283 e. The van der Waals surface area contributed by atoms with Crippen LogP contribution in [-0.2, 0) is 13.1 Å². The zero-order valence-electron chi connectivity index (χ0n) is 9.01. The lowest BCUT2D eigenvalue weighted by atomic mass is 10.4. The van der Waals surface area contributed by atoms with E-state index in [0.29, 0.717) is 29.1 Å². The Morgan fingerprint density at radius 1 is 1.59 bits per heavy atom. The van der Waals surface area contributed by atoms with E-state index in [0.717, 1.165) is 0 Å². The Morgan fingerprint density at radius 2 is 2.41 bits per heavy atom. The fourth-order valence-electron chi connectivity index (χ4n) is 1.25. The van der Waals surface area contributed by atoms with Gasteiger partial charge in [-0.15, -0.1) is 10.2 Å². The van der Waals surface area contributed by atoms with Gasteiger partial charge in [-0.2, -0.15) is 10.3 Å². The van der Waals surface area contributed by atoms with Gasteiger partial charge >= 0.3 is 0 Å². The maximum absolute atomic E-state index is 11.7. The number of aryl methyl sites for hydroxylation is 1. The Balaban J connectivity index is 2.17. The SMILES string of the molecule is CCn1ncc(NCc2nn[nH]n2)c(Br)c1=O. The topological polar surface area (TPSA) is 101 Å². The average Bonchev–Trinajstić information content (AvgIpc) is 2.84. The van der Waals surface area contributed by atoms with E-state index in [1.165, 1.54) is 4.68 Å². The van der Waals surface area contributed by atoms with Crippen molar-refractivity contribution in [2.24, 2.45) is 0 Å². The van der Waals surface area contributed by atoms with Gasteiger partial charge in [0.25, 0.3) is 5.56 Å². The standard InChI is InChI=1S/C8H10BrN7O/c1-2-16-8(17)7(9)5(3-11-16)10-4-6-12-14-15-13-6/h3,10H,2,4H2,1H3,(H,12,13,14,15). The van der Waals surface area contributed by atoms with Gasteiger partial charge in [-0.05, 0) is 22.9 Å². The predicted molar refractivity (Wildman–Crippen MR) is 63.4 cm³/mol. The third-order valence-corrected chi connectivity index (χ3v) is 2.88. The normalized spacial score (nSPS) is 10.5. The molecule has 17 heavy (non-hydrogen) atoms. The molecule has 0 aliphatic rings. The molecule has 2 aromatic heterocycles. The molecule has 0 radical (unpaired) electrons. The molecule has 0 bridgehead atoms. The molecule has 9 heteroatoms. The third-order valence-electron chi connectivity index (χ3n) is 2.11. The summed E-state index contributed by atoms with van der Waals surface area (Å²) in [5, 5.41) is 20.4. The Bertz CT molecular complexity index is 549. The second-order valence-corrected chi connectivity index (χ2v) is 3.97. The van der Waals surface area contributed by atoms with Crippen molar-refractivity contribution in [3.8, 4) is 0 Å². The Hall–Kier alpha value is -1.77. The Labute approximate surface area is 105 Å². The number of rotatable bonds is 4. The molecule has 90 valence electrons. The van der Waals surface area contributed by atoms with Gasteiger partial charge in [0.1, 0.15) is 4.47 Å². The maximum atomic E-state index is 11.7. The first-order chi connectivity index (χ1) is 8.22. The Kier molecular flexibility index (Phi) is 3.47. The first-order valence-corrected chi connectivity index (χ1v) is 5.73. The molecule has 0 aromatic carbocycles. The van der Waals surface area contributed by atoms with Crippen molar-refractivity contribution in [2.45, 2.75) is 20.0 Å². The monoisotopic (exact) mass is 299 g/mol. The smallest absolute Gasteiger partial charge is 0.283 e. The molecule has 2 rings (SSSR count). The molecule has 0 aliphatic heterocycles.